The highest BCUT2D eigenvalue weighted by atomic mass is 32.1. The molecule has 27 heavy (non-hydrogen) atoms. The van der Waals surface area contributed by atoms with Crippen molar-refractivity contribution in [2.24, 2.45) is 5.92 Å². The first kappa shape index (κ1) is 17.7. The van der Waals surface area contributed by atoms with Gasteiger partial charge in [0.15, 0.2) is 0 Å². The third-order valence-electron chi connectivity index (χ3n) is 4.93. The predicted molar refractivity (Wildman–Crippen MR) is 109 cm³/mol. The van der Waals surface area contributed by atoms with E-state index in [9.17, 15) is 4.79 Å². The highest BCUT2D eigenvalue weighted by molar-refractivity contribution is 7.17. The summed E-state index contributed by atoms with van der Waals surface area (Å²) in [5.41, 5.74) is 3.19. The number of aryl methyl sites for hydroxylation is 2. The largest absolute Gasteiger partial charge is 0.346 e. The fraction of sp³-hybridized carbons (Fsp3) is 0.350. The number of hydrogen-bond donors (Lipinski definition) is 1. The molecule has 0 spiro atoms. The van der Waals surface area contributed by atoms with Crippen LogP contribution in [-0.2, 0) is 4.79 Å². The molecule has 3 aromatic rings. The summed E-state index contributed by atoms with van der Waals surface area (Å²) in [6.07, 6.45) is 5.79. The van der Waals surface area contributed by atoms with Crippen LogP contribution >= 0.6 is 11.3 Å². The second-order valence-electron chi connectivity index (χ2n) is 7.05. The maximum absolute atomic E-state index is 12.8. The van der Waals surface area contributed by atoms with Crippen molar-refractivity contribution in [2.75, 3.05) is 23.3 Å². The SMILES string of the molecule is Cc1ccc(NC(=O)[C@@H]2CCCN(c3nnc(-n4cccc4)s3)C2)c(C)c1. The number of benzene rings is 1. The Balaban J connectivity index is 1.44. The highest BCUT2D eigenvalue weighted by Crippen LogP contribution is 2.28. The molecule has 1 amide bonds. The molecule has 4 rings (SSSR count). The van der Waals surface area contributed by atoms with Gasteiger partial charge in [0.05, 0.1) is 5.92 Å². The zero-order valence-corrected chi connectivity index (χ0v) is 16.4. The van der Waals surface area contributed by atoms with Crippen molar-refractivity contribution in [3.63, 3.8) is 0 Å². The number of amides is 1. The highest BCUT2D eigenvalue weighted by Gasteiger charge is 2.28. The van der Waals surface area contributed by atoms with Gasteiger partial charge in [-0.1, -0.05) is 29.0 Å². The number of rotatable bonds is 4. The van der Waals surface area contributed by atoms with Crippen molar-refractivity contribution in [1.29, 1.82) is 0 Å². The number of piperidine rings is 1. The minimum absolute atomic E-state index is 0.0432. The maximum Gasteiger partial charge on any atom is 0.229 e. The van der Waals surface area contributed by atoms with Crippen LogP contribution in [0.1, 0.15) is 24.0 Å². The molecule has 1 aromatic carbocycles. The molecule has 0 unspecified atom stereocenters. The van der Waals surface area contributed by atoms with Crippen LogP contribution in [0.25, 0.3) is 5.13 Å². The lowest BCUT2D eigenvalue weighted by Crippen LogP contribution is -2.40. The molecule has 0 saturated carbocycles. The first-order chi connectivity index (χ1) is 13.1. The van der Waals surface area contributed by atoms with E-state index in [4.69, 9.17) is 0 Å². The summed E-state index contributed by atoms with van der Waals surface area (Å²) in [6.45, 7) is 5.67. The maximum atomic E-state index is 12.8. The van der Waals surface area contributed by atoms with Gasteiger partial charge >= 0.3 is 0 Å². The van der Waals surface area contributed by atoms with Crippen molar-refractivity contribution in [3.05, 3.63) is 53.9 Å². The van der Waals surface area contributed by atoms with Crippen molar-refractivity contribution in [1.82, 2.24) is 14.8 Å². The summed E-state index contributed by atoms with van der Waals surface area (Å²) in [6, 6.07) is 10.0. The Morgan fingerprint density at radius 2 is 1.96 bits per heavy atom. The Labute approximate surface area is 162 Å². The fourth-order valence-corrected chi connectivity index (χ4v) is 4.30. The number of carbonyl (C=O) groups is 1. The average molecular weight is 382 g/mol. The van der Waals surface area contributed by atoms with Crippen LogP contribution in [-0.4, -0.2) is 33.8 Å². The van der Waals surface area contributed by atoms with Gasteiger partial charge in [0, 0.05) is 31.2 Å². The van der Waals surface area contributed by atoms with Crippen molar-refractivity contribution in [2.45, 2.75) is 26.7 Å². The quantitative estimate of drug-likeness (QED) is 0.747. The molecule has 1 atom stereocenters. The molecule has 0 radical (unpaired) electrons. The van der Waals surface area contributed by atoms with Crippen LogP contribution in [0.2, 0.25) is 0 Å². The first-order valence-electron chi connectivity index (χ1n) is 9.20. The molecule has 1 N–H and O–H groups in total. The minimum atomic E-state index is -0.0432. The Bertz CT molecular complexity index is 934. The molecule has 0 bridgehead atoms. The molecular formula is C20H23N5OS. The number of anilines is 2. The van der Waals surface area contributed by atoms with Crippen LogP contribution in [0.3, 0.4) is 0 Å². The second-order valence-corrected chi connectivity index (χ2v) is 7.98. The zero-order chi connectivity index (χ0) is 18.8. The minimum Gasteiger partial charge on any atom is -0.346 e. The van der Waals surface area contributed by atoms with Crippen molar-refractivity contribution in [3.8, 4) is 5.13 Å². The molecule has 6 nitrogen and oxygen atoms in total. The molecule has 1 saturated heterocycles. The first-order valence-corrected chi connectivity index (χ1v) is 10.0. The van der Waals surface area contributed by atoms with E-state index >= 15 is 0 Å². The van der Waals surface area contributed by atoms with E-state index in [2.05, 4.69) is 33.4 Å². The van der Waals surface area contributed by atoms with Crippen LogP contribution in [0, 0.1) is 19.8 Å². The molecule has 1 fully saturated rings. The van der Waals surface area contributed by atoms with Gasteiger partial charge in [-0.15, -0.1) is 10.2 Å². The molecule has 1 aliphatic rings. The topological polar surface area (TPSA) is 63.1 Å². The second kappa shape index (κ2) is 7.52. The molecular weight excluding hydrogens is 358 g/mol. The van der Waals surface area contributed by atoms with Gasteiger partial charge in [-0.2, -0.15) is 0 Å². The molecule has 3 heterocycles. The molecule has 7 heteroatoms. The number of aromatic nitrogens is 3. The van der Waals surface area contributed by atoms with Crippen LogP contribution < -0.4 is 10.2 Å². The lowest BCUT2D eigenvalue weighted by Gasteiger charge is -2.31. The van der Waals surface area contributed by atoms with Crippen LogP contribution in [0.4, 0.5) is 10.8 Å². The molecule has 1 aliphatic heterocycles. The van der Waals surface area contributed by atoms with E-state index < -0.39 is 0 Å². The number of carbonyl (C=O) groups excluding carboxylic acids is 1. The fourth-order valence-electron chi connectivity index (χ4n) is 3.46. The van der Waals surface area contributed by atoms with E-state index in [1.165, 1.54) is 5.56 Å². The average Bonchev–Trinajstić information content (AvgIpc) is 3.35. The van der Waals surface area contributed by atoms with Gasteiger partial charge in [0.2, 0.25) is 16.2 Å². The van der Waals surface area contributed by atoms with E-state index in [1.807, 2.05) is 48.1 Å². The smallest absolute Gasteiger partial charge is 0.229 e. The van der Waals surface area contributed by atoms with Crippen molar-refractivity contribution >= 4 is 28.1 Å². The Morgan fingerprint density at radius 1 is 1.19 bits per heavy atom. The van der Waals surface area contributed by atoms with Crippen LogP contribution in [0.15, 0.2) is 42.7 Å². The van der Waals surface area contributed by atoms with E-state index in [0.29, 0.717) is 6.54 Å². The van der Waals surface area contributed by atoms with E-state index in [0.717, 1.165) is 40.9 Å². The summed E-state index contributed by atoms with van der Waals surface area (Å²) in [4.78, 5) is 15.0. The Hall–Kier alpha value is -2.67. The number of hydrogen-bond acceptors (Lipinski definition) is 5. The summed E-state index contributed by atoms with van der Waals surface area (Å²) in [5, 5.41) is 13.4. The monoisotopic (exact) mass is 381 g/mol. The molecule has 2 aromatic heterocycles. The van der Waals surface area contributed by atoms with Gasteiger partial charge in [-0.05, 0) is 50.5 Å². The standard InChI is InChI=1S/C20H23N5OS/c1-14-7-8-17(15(2)12-14)21-18(26)16-6-5-11-25(13-16)20-23-22-19(27-20)24-9-3-4-10-24/h3-4,7-10,12,16H,5-6,11,13H2,1-2H3,(H,21,26)/t16-/m1/s1. The van der Waals surface area contributed by atoms with Gasteiger partial charge in [-0.3, -0.25) is 9.36 Å². The summed E-state index contributed by atoms with van der Waals surface area (Å²) in [7, 11) is 0. The Morgan fingerprint density at radius 3 is 2.74 bits per heavy atom. The van der Waals surface area contributed by atoms with Crippen molar-refractivity contribution < 1.29 is 4.79 Å². The van der Waals surface area contributed by atoms with E-state index in [1.54, 1.807) is 11.3 Å². The lowest BCUT2D eigenvalue weighted by atomic mass is 9.97. The summed E-state index contributed by atoms with van der Waals surface area (Å²) >= 11 is 1.55. The predicted octanol–water partition coefficient (Wildman–Crippen LogP) is 3.80. The normalized spacial score (nSPS) is 17.1. The van der Waals surface area contributed by atoms with Gasteiger partial charge in [0.1, 0.15) is 0 Å². The van der Waals surface area contributed by atoms with Gasteiger partial charge in [-0.25, -0.2) is 0 Å². The lowest BCUT2D eigenvalue weighted by molar-refractivity contribution is -0.120. The summed E-state index contributed by atoms with van der Waals surface area (Å²) in [5.74, 6) is 0.0418. The van der Waals surface area contributed by atoms with Gasteiger partial charge < -0.3 is 10.2 Å². The third-order valence-corrected chi connectivity index (χ3v) is 5.93. The van der Waals surface area contributed by atoms with Gasteiger partial charge in [0.25, 0.3) is 0 Å². The third kappa shape index (κ3) is 3.88. The summed E-state index contributed by atoms with van der Waals surface area (Å²) < 4.78 is 1.95. The number of nitrogens with zero attached hydrogens (tertiary/aromatic N) is 4. The number of nitrogens with one attached hydrogen (secondary N) is 1. The molecule has 0 aliphatic carbocycles. The zero-order valence-electron chi connectivity index (χ0n) is 15.6. The molecule has 140 valence electrons. The Kier molecular flexibility index (Phi) is 4.94. The van der Waals surface area contributed by atoms with E-state index in [-0.39, 0.29) is 11.8 Å². The van der Waals surface area contributed by atoms with Crippen LogP contribution in [0.5, 0.6) is 0 Å².